The Hall–Kier alpha value is -9.18. The van der Waals surface area contributed by atoms with Gasteiger partial charge in [0.25, 0.3) is 0 Å². The van der Waals surface area contributed by atoms with Crippen molar-refractivity contribution in [1.29, 1.82) is 0 Å². The molecule has 8 aromatic rings. The third kappa shape index (κ3) is 12.3. The molecule has 7 atom stereocenters. The average Bonchev–Trinajstić information content (AvgIpc) is 1.57. The first-order valence-corrected chi connectivity index (χ1v) is 34.6. The normalized spacial score (nSPS) is 21.4. The van der Waals surface area contributed by atoms with Gasteiger partial charge in [-0.3, -0.25) is 0 Å². The second-order valence-electron chi connectivity index (χ2n) is 28.2. The number of benzene rings is 8. The van der Waals surface area contributed by atoms with Crippen molar-refractivity contribution in [3.05, 3.63) is 335 Å². The van der Waals surface area contributed by atoms with Crippen LogP contribution >= 0.6 is 0 Å². The van der Waals surface area contributed by atoms with Crippen molar-refractivity contribution in [3.63, 3.8) is 0 Å². The second kappa shape index (κ2) is 26.4. The molecular weight excluding hydrogens is 1130 g/mol. The molecule has 0 saturated heterocycles. The maximum Gasteiger partial charge on any atom is 0.119 e. The summed E-state index contributed by atoms with van der Waals surface area (Å²) in [4.78, 5) is 5.21. The van der Waals surface area contributed by atoms with Crippen LogP contribution in [0.3, 0.4) is 0 Å². The number of ether oxygens (including phenoxy) is 1. The van der Waals surface area contributed by atoms with Crippen LogP contribution in [0.2, 0.25) is 0 Å². The van der Waals surface area contributed by atoms with Crippen LogP contribution in [0.15, 0.2) is 280 Å². The Kier molecular flexibility index (Phi) is 17.4. The van der Waals surface area contributed by atoms with Gasteiger partial charge in [-0.25, -0.2) is 0 Å². The van der Waals surface area contributed by atoms with E-state index in [0.717, 1.165) is 81.9 Å². The number of rotatable bonds is 20. The van der Waals surface area contributed by atoms with Crippen molar-refractivity contribution in [1.82, 2.24) is 0 Å². The Balaban J connectivity index is 0.798. The fraction of sp³-hybridized carbons (Fsp3) is 0.267. The Morgan fingerprint density at radius 2 is 1.40 bits per heavy atom. The van der Waals surface area contributed by atoms with E-state index < -0.39 is 0 Å². The van der Waals surface area contributed by atoms with Gasteiger partial charge < -0.3 is 14.5 Å². The summed E-state index contributed by atoms with van der Waals surface area (Å²) in [6.07, 6.45) is 37.0. The highest BCUT2D eigenvalue weighted by Crippen LogP contribution is 2.57. The minimum atomic E-state index is -0.324. The van der Waals surface area contributed by atoms with Gasteiger partial charge in [0.2, 0.25) is 0 Å². The van der Waals surface area contributed by atoms with E-state index in [-0.39, 0.29) is 22.8 Å². The Bertz CT molecular complexity index is 4260. The van der Waals surface area contributed by atoms with E-state index in [9.17, 15) is 0 Å². The zero-order valence-electron chi connectivity index (χ0n) is 55.1. The lowest BCUT2D eigenvalue weighted by Crippen LogP contribution is -2.29. The molecule has 0 amide bonds. The lowest BCUT2D eigenvalue weighted by molar-refractivity contribution is 0.248. The molecule has 8 aromatic carbocycles. The van der Waals surface area contributed by atoms with E-state index in [0.29, 0.717) is 30.3 Å². The zero-order chi connectivity index (χ0) is 63.6. The number of fused-ring (bicyclic) bond motifs is 6. The van der Waals surface area contributed by atoms with Crippen molar-refractivity contribution >= 4 is 40.0 Å². The summed E-state index contributed by atoms with van der Waals surface area (Å²) in [5, 5.41) is 0. The molecule has 3 heteroatoms. The predicted molar refractivity (Wildman–Crippen MR) is 395 cm³/mol. The first-order chi connectivity index (χ1) is 45.5. The van der Waals surface area contributed by atoms with E-state index >= 15 is 0 Å². The molecule has 0 fully saturated rings. The first kappa shape index (κ1) is 61.3. The van der Waals surface area contributed by atoms with Crippen LogP contribution in [0.4, 0.5) is 22.7 Å². The van der Waals surface area contributed by atoms with Gasteiger partial charge in [0, 0.05) is 45.7 Å². The van der Waals surface area contributed by atoms with Crippen LogP contribution in [0.25, 0.3) is 28.3 Å². The lowest BCUT2D eigenvalue weighted by Gasteiger charge is -2.36. The molecule has 14 rings (SSSR count). The van der Waals surface area contributed by atoms with Gasteiger partial charge in [0.05, 0.1) is 12.6 Å². The number of unbranched alkanes of at least 4 members (excludes halogenated alkanes) is 1. The summed E-state index contributed by atoms with van der Waals surface area (Å²) in [6.45, 7) is 22.0. The maximum atomic E-state index is 6.32. The van der Waals surface area contributed by atoms with Gasteiger partial charge in [-0.1, -0.05) is 248 Å². The molecule has 0 saturated carbocycles. The molecule has 7 unspecified atom stereocenters. The lowest BCUT2D eigenvalue weighted by atomic mass is 9.69. The Morgan fingerprint density at radius 1 is 0.645 bits per heavy atom. The van der Waals surface area contributed by atoms with Gasteiger partial charge in [-0.2, -0.15) is 0 Å². The second-order valence-corrected chi connectivity index (χ2v) is 28.2. The number of hydrogen-bond acceptors (Lipinski definition) is 3. The summed E-state index contributed by atoms with van der Waals surface area (Å²) in [5.74, 6) is 2.92. The van der Waals surface area contributed by atoms with Crippen molar-refractivity contribution in [3.8, 4) is 16.9 Å². The molecule has 466 valence electrons. The van der Waals surface area contributed by atoms with E-state index in [4.69, 9.17) is 4.74 Å². The molecule has 5 aliphatic carbocycles. The van der Waals surface area contributed by atoms with Crippen LogP contribution in [-0.4, -0.2) is 12.6 Å². The third-order valence-corrected chi connectivity index (χ3v) is 21.5. The molecule has 1 aliphatic heterocycles. The van der Waals surface area contributed by atoms with E-state index in [1.807, 2.05) is 12.2 Å². The van der Waals surface area contributed by atoms with E-state index in [1.54, 1.807) is 0 Å². The fourth-order valence-corrected chi connectivity index (χ4v) is 16.1. The van der Waals surface area contributed by atoms with Gasteiger partial charge in [-0.15, -0.1) is 6.58 Å². The molecule has 3 nitrogen and oxygen atoms in total. The average molecular weight is 1220 g/mol. The first-order valence-electron chi connectivity index (χ1n) is 34.6. The molecule has 0 bridgehead atoms. The van der Waals surface area contributed by atoms with Gasteiger partial charge in [-0.05, 0) is 225 Å². The van der Waals surface area contributed by atoms with Crippen LogP contribution in [0.5, 0.6) is 5.75 Å². The molecule has 0 radical (unpaired) electrons. The molecular formula is C90H90N2O. The summed E-state index contributed by atoms with van der Waals surface area (Å²) < 4.78 is 6.32. The summed E-state index contributed by atoms with van der Waals surface area (Å²) in [7, 11) is 0. The molecule has 6 aliphatic rings. The highest BCUT2D eigenvalue weighted by atomic mass is 16.5. The Labute approximate surface area is 555 Å². The highest BCUT2D eigenvalue weighted by Gasteiger charge is 2.45. The topological polar surface area (TPSA) is 15.7 Å². The number of hydrogen-bond donors (Lipinski definition) is 0. The van der Waals surface area contributed by atoms with Gasteiger partial charge >= 0.3 is 0 Å². The quantitative estimate of drug-likeness (QED) is 0.0559. The van der Waals surface area contributed by atoms with E-state index in [1.165, 1.54) is 106 Å². The maximum absolute atomic E-state index is 6.32. The molecule has 93 heavy (non-hydrogen) atoms. The van der Waals surface area contributed by atoms with Crippen LogP contribution in [0, 0.1) is 11.8 Å². The predicted octanol–water partition coefficient (Wildman–Crippen LogP) is 24.0. The molecule has 1 heterocycles. The van der Waals surface area contributed by atoms with Gasteiger partial charge in [0.1, 0.15) is 5.75 Å². The summed E-state index contributed by atoms with van der Waals surface area (Å²) in [6, 6.07) is 72.4. The van der Waals surface area contributed by atoms with Crippen LogP contribution < -0.4 is 14.5 Å². The highest BCUT2D eigenvalue weighted by molar-refractivity contribution is 5.88. The van der Waals surface area contributed by atoms with Gasteiger partial charge in [0.15, 0.2) is 0 Å². The SMILES string of the molecule is C=CC1=CCC(c2ccc(N3c4ccc(C5=CCC(C=C)CC5)cc4C4C=C(c5ccc(N(C6=CCC(c7ccc(C(C)(C)C)cc7)CC6)c6ccc7c(c6)C(CCCCC(C)COc6ccc(C=C)cc6)(c6ccccc6)c6ccccc6-7)cc5)C=CC43)cc2)C=C1. The Morgan fingerprint density at radius 3 is 2.11 bits per heavy atom. The third-order valence-electron chi connectivity index (χ3n) is 21.5. The number of anilines is 4. The minimum absolute atomic E-state index is 0.120. The van der Waals surface area contributed by atoms with Crippen molar-refractivity contribution in [2.24, 2.45) is 11.8 Å². The van der Waals surface area contributed by atoms with Crippen molar-refractivity contribution in [2.45, 2.75) is 133 Å². The monoisotopic (exact) mass is 1210 g/mol. The summed E-state index contributed by atoms with van der Waals surface area (Å²) >= 11 is 0. The van der Waals surface area contributed by atoms with Crippen LogP contribution in [0.1, 0.15) is 172 Å². The zero-order valence-corrected chi connectivity index (χ0v) is 55.1. The van der Waals surface area contributed by atoms with Crippen molar-refractivity contribution in [2.75, 3.05) is 16.4 Å². The largest absolute Gasteiger partial charge is 0.493 e. The van der Waals surface area contributed by atoms with E-state index in [2.05, 4.69) is 300 Å². The molecule has 0 spiro atoms. The smallest absolute Gasteiger partial charge is 0.119 e. The van der Waals surface area contributed by atoms with Crippen LogP contribution in [-0.2, 0) is 10.8 Å². The molecule has 0 N–H and O–H groups in total. The summed E-state index contributed by atoms with van der Waals surface area (Å²) in [5.41, 5.74) is 26.2. The fourth-order valence-electron chi connectivity index (χ4n) is 16.1. The molecule has 0 aromatic heterocycles. The number of allylic oxidation sites excluding steroid dienone is 12. The standard InChI is InChI=1S/C90H90N2O/c1-8-63-23-29-66(30-24-63)68-37-49-78(50-38-68)92-87-55-41-72(70-31-25-64(9-2)26-32-70)58-83(87)84-59-73(42-56-88(84)92)71-39-47-77(48-40-71)91(76-45-35-69(36-46-76)67-33-43-74(44-34-67)89(5,6)7)79-51-54-82-81-21-14-15-22-85(81)90(86(82)60-79,75-19-12-11-13-20-75)57-17-16-18-62(4)61-93-80-52-27-65(10-3)28-53-80/h8-15,19-24,27-29,31,33-34,37-45,47-56,58-60,62,64,66,69,84,88H,1-3,16-18,25-26,30,32,35-36,46,57,61H2,4-7H3. The number of nitrogens with zero attached hydrogens (tertiary/aromatic N) is 2. The van der Waals surface area contributed by atoms with Crippen molar-refractivity contribution < 1.29 is 4.74 Å². The minimum Gasteiger partial charge on any atom is -0.493 e.